The average molecular weight is 232 g/mol. The summed E-state index contributed by atoms with van der Waals surface area (Å²) in [5, 5.41) is 11.0. The molecule has 6 heteroatoms. The molecule has 0 aliphatic heterocycles. The highest BCUT2D eigenvalue weighted by Gasteiger charge is 2.01. The fourth-order valence-corrected chi connectivity index (χ4v) is 0.963. The number of carboxylic acids is 1. The molecule has 1 aromatic heterocycles. The molecule has 64 valence electrons. The number of rotatable bonds is 3. The lowest BCUT2D eigenvalue weighted by Gasteiger charge is -2.02. The Morgan fingerprint density at radius 1 is 1.75 bits per heavy atom. The molecular weight excluding hydrogens is 226 g/mol. The number of carboxylic acid groups (broad SMARTS) is 1. The molecule has 0 bridgehead atoms. The lowest BCUT2D eigenvalue weighted by Crippen LogP contribution is -2.13. The molecule has 2 N–H and O–H groups in total. The fraction of sp³-hybridized carbons (Fsp3) is 0.167. The third-order valence-corrected chi connectivity index (χ3v) is 1.65. The summed E-state index contributed by atoms with van der Waals surface area (Å²) in [6.45, 7) is -0.157. The summed E-state index contributed by atoms with van der Waals surface area (Å²) in [4.78, 5) is 17.7. The summed E-state index contributed by atoms with van der Waals surface area (Å²) in [7, 11) is 0. The quantitative estimate of drug-likeness (QED) is 0.803. The van der Waals surface area contributed by atoms with Gasteiger partial charge in [-0.25, -0.2) is 9.97 Å². The van der Waals surface area contributed by atoms with Gasteiger partial charge in [-0.15, -0.1) is 0 Å². The lowest BCUT2D eigenvalue weighted by atomic mass is 10.5. The van der Waals surface area contributed by atoms with Gasteiger partial charge in [0, 0.05) is 6.20 Å². The van der Waals surface area contributed by atoms with E-state index in [1.54, 1.807) is 0 Å². The lowest BCUT2D eigenvalue weighted by molar-refractivity contribution is -0.134. The van der Waals surface area contributed by atoms with Crippen LogP contribution in [0.5, 0.6) is 0 Å². The molecule has 0 amide bonds. The molecule has 0 aliphatic rings. The monoisotopic (exact) mass is 231 g/mol. The molecule has 0 saturated carbocycles. The highest BCUT2D eigenvalue weighted by Crippen LogP contribution is 2.16. The molecule has 12 heavy (non-hydrogen) atoms. The Labute approximate surface area is 77.0 Å². The van der Waals surface area contributed by atoms with Crippen LogP contribution < -0.4 is 5.32 Å². The van der Waals surface area contributed by atoms with Crippen LogP contribution >= 0.6 is 15.9 Å². The van der Waals surface area contributed by atoms with Gasteiger partial charge in [0.15, 0.2) is 0 Å². The molecule has 0 radical (unpaired) electrons. The van der Waals surface area contributed by atoms with E-state index in [9.17, 15) is 4.79 Å². The molecule has 0 spiro atoms. The SMILES string of the molecule is O=C(O)CNc1ncncc1Br. The highest BCUT2D eigenvalue weighted by molar-refractivity contribution is 9.10. The minimum atomic E-state index is -0.930. The molecule has 0 atom stereocenters. The minimum Gasteiger partial charge on any atom is -0.480 e. The van der Waals surface area contributed by atoms with Crippen LogP contribution in [0.25, 0.3) is 0 Å². The predicted molar refractivity (Wildman–Crippen MR) is 45.9 cm³/mol. The molecule has 1 aromatic rings. The molecule has 0 aromatic carbocycles. The first-order valence-corrected chi connectivity index (χ1v) is 3.90. The van der Waals surface area contributed by atoms with Crippen LogP contribution in [0.3, 0.4) is 0 Å². The molecule has 0 unspecified atom stereocenters. The van der Waals surface area contributed by atoms with Crippen molar-refractivity contribution in [3.8, 4) is 0 Å². The number of anilines is 1. The van der Waals surface area contributed by atoms with Gasteiger partial charge in [0.2, 0.25) is 0 Å². The molecule has 1 rings (SSSR count). The maximum Gasteiger partial charge on any atom is 0.322 e. The van der Waals surface area contributed by atoms with Gasteiger partial charge in [0.25, 0.3) is 0 Å². The molecule has 0 fully saturated rings. The van der Waals surface area contributed by atoms with Crippen molar-refractivity contribution in [2.45, 2.75) is 0 Å². The van der Waals surface area contributed by atoms with E-state index in [4.69, 9.17) is 5.11 Å². The zero-order valence-electron chi connectivity index (χ0n) is 5.99. The van der Waals surface area contributed by atoms with Gasteiger partial charge < -0.3 is 10.4 Å². The summed E-state index contributed by atoms with van der Waals surface area (Å²) in [6.07, 6.45) is 2.88. The smallest absolute Gasteiger partial charge is 0.322 e. The second-order valence-electron chi connectivity index (χ2n) is 1.97. The van der Waals surface area contributed by atoms with Crippen LogP contribution in [0.15, 0.2) is 17.0 Å². The van der Waals surface area contributed by atoms with Crippen LogP contribution in [0.1, 0.15) is 0 Å². The highest BCUT2D eigenvalue weighted by atomic mass is 79.9. The third kappa shape index (κ3) is 2.46. The van der Waals surface area contributed by atoms with Crippen LogP contribution in [0.4, 0.5) is 5.82 Å². The van der Waals surface area contributed by atoms with E-state index in [1.165, 1.54) is 12.5 Å². The molecular formula is C6H6BrN3O2. The largest absolute Gasteiger partial charge is 0.480 e. The van der Waals surface area contributed by atoms with Crippen molar-refractivity contribution in [2.75, 3.05) is 11.9 Å². The summed E-state index contributed by atoms with van der Waals surface area (Å²) >= 11 is 3.17. The van der Waals surface area contributed by atoms with Gasteiger partial charge in [-0.3, -0.25) is 4.79 Å². The Kier molecular flexibility index (Phi) is 2.98. The third-order valence-electron chi connectivity index (χ3n) is 1.07. The van der Waals surface area contributed by atoms with Crippen molar-refractivity contribution in [3.63, 3.8) is 0 Å². The van der Waals surface area contributed by atoms with E-state index in [0.29, 0.717) is 10.3 Å². The van der Waals surface area contributed by atoms with Gasteiger partial charge in [0.05, 0.1) is 4.47 Å². The predicted octanol–water partition coefficient (Wildman–Crippen LogP) is 0.736. The Morgan fingerprint density at radius 2 is 2.50 bits per heavy atom. The first kappa shape index (κ1) is 8.92. The summed E-state index contributed by atoms with van der Waals surface area (Å²) in [6, 6.07) is 0. The number of aliphatic carboxylic acids is 1. The van der Waals surface area contributed by atoms with Gasteiger partial charge in [-0.2, -0.15) is 0 Å². The van der Waals surface area contributed by atoms with Crippen molar-refractivity contribution in [1.82, 2.24) is 9.97 Å². The van der Waals surface area contributed by atoms with Crippen molar-refractivity contribution in [2.24, 2.45) is 0 Å². The number of hydrogen-bond donors (Lipinski definition) is 2. The van der Waals surface area contributed by atoms with E-state index in [-0.39, 0.29) is 6.54 Å². The minimum absolute atomic E-state index is 0.157. The molecule has 5 nitrogen and oxygen atoms in total. The number of hydrogen-bond acceptors (Lipinski definition) is 4. The Bertz CT molecular complexity index is 292. The summed E-state index contributed by atoms with van der Waals surface area (Å²) < 4.78 is 0.645. The topological polar surface area (TPSA) is 75.1 Å². The van der Waals surface area contributed by atoms with E-state index >= 15 is 0 Å². The maximum absolute atomic E-state index is 10.2. The Hall–Kier alpha value is -1.17. The number of nitrogens with zero attached hydrogens (tertiary/aromatic N) is 2. The van der Waals surface area contributed by atoms with E-state index < -0.39 is 5.97 Å². The van der Waals surface area contributed by atoms with Crippen molar-refractivity contribution < 1.29 is 9.90 Å². The van der Waals surface area contributed by atoms with Gasteiger partial charge in [0.1, 0.15) is 18.7 Å². The number of aromatic nitrogens is 2. The molecule has 0 aliphatic carbocycles. The fourth-order valence-electron chi connectivity index (χ4n) is 0.602. The van der Waals surface area contributed by atoms with Crippen molar-refractivity contribution >= 4 is 27.7 Å². The number of halogens is 1. The molecule has 0 saturated heterocycles. The Balaban J connectivity index is 2.63. The van der Waals surface area contributed by atoms with Crippen LogP contribution in [-0.2, 0) is 4.79 Å². The van der Waals surface area contributed by atoms with Gasteiger partial charge >= 0.3 is 5.97 Å². The van der Waals surface area contributed by atoms with E-state index in [0.717, 1.165) is 0 Å². The normalized spacial score (nSPS) is 9.42. The molecule has 1 heterocycles. The zero-order chi connectivity index (χ0) is 8.97. The zero-order valence-corrected chi connectivity index (χ0v) is 7.58. The van der Waals surface area contributed by atoms with Gasteiger partial charge in [-0.1, -0.05) is 0 Å². The van der Waals surface area contributed by atoms with Crippen LogP contribution in [-0.4, -0.2) is 27.6 Å². The Morgan fingerprint density at radius 3 is 3.08 bits per heavy atom. The summed E-state index contributed by atoms with van der Waals surface area (Å²) in [5.41, 5.74) is 0. The number of nitrogens with one attached hydrogen (secondary N) is 1. The van der Waals surface area contributed by atoms with E-state index in [2.05, 4.69) is 31.2 Å². The van der Waals surface area contributed by atoms with Gasteiger partial charge in [-0.05, 0) is 15.9 Å². The maximum atomic E-state index is 10.2. The van der Waals surface area contributed by atoms with Crippen LogP contribution in [0.2, 0.25) is 0 Å². The first-order valence-electron chi connectivity index (χ1n) is 3.11. The van der Waals surface area contributed by atoms with Crippen molar-refractivity contribution in [3.05, 3.63) is 17.0 Å². The average Bonchev–Trinajstić information content (AvgIpc) is 2.03. The first-order chi connectivity index (χ1) is 5.70. The second-order valence-corrected chi connectivity index (χ2v) is 2.82. The van der Waals surface area contributed by atoms with Crippen molar-refractivity contribution in [1.29, 1.82) is 0 Å². The summed E-state index contributed by atoms with van der Waals surface area (Å²) in [5.74, 6) is -0.451. The van der Waals surface area contributed by atoms with Crippen LogP contribution in [0, 0.1) is 0 Å². The van der Waals surface area contributed by atoms with E-state index in [1.807, 2.05) is 0 Å². The standard InChI is InChI=1S/C6H6BrN3O2/c7-4-1-8-3-10-6(4)9-2-5(11)12/h1,3H,2H2,(H,11,12)(H,8,9,10). The number of carbonyl (C=O) groups is 1. The second kappa shape index (κ2) is 4.01.